The first kappa shape index (κ1) is 8.74. The number of ether oxygens (including phenoxy) is 1. The molecule has 14 heavy (non-hydrogen) atoms. The lowest BCUT2D eigenvalue weighted by Gasteiger charge is -2.01. The van der Waals surface area contributed by atoms with Gasteiger partial charge in [-0.15, -0.1) is 0 Å². The number of imidazole rings is 1. The minimum atomic E-state index is -0.684. The summed E-state index contributed by atoms with van der Waals surface area (Å²) >= 11 is 0. The third kappa shape index (κ3) is 1.59. The number of nitrogens with one attached hydrogen (secondary N) is 1. The molecule has 1 amide bonds. The second-order valence-electron chi connectivity index (χ2n) is 3.14. The lowest BCUT2D eigenvalue weighted by Crippen LogP contribution is -2.30. The number of aryl methyl sites for hydroxylation is 1. The van der Waals surface area contributed by atoms with Gasteiger partial charge in [-0.05, 0) is 0 Å². The van der Waals surface area contributed by atoms with Crippen LogP contribution in [0.25, 0.3) is 0 Å². The molecular formula is C8H9N3O3. The molecule has 1 fully saturated rings. The Hall–Kier alpha value is -1.85. The SMILES string of the molecule is Cn1cnc(CC2NC(=O)OC2=O)c1. The molecule has 0 saturated carbocycles. The van der Waals surface area contributed by atoms with Gasteiger partial charge < -0.3 is 14.6 Å². The normalized spacial score (nSPS) is 20.8. The molecule has 6 nitrogen and oxygen atoms in total. The van der Waals surface area contributed by atoms with E-state index in [1.54, 1.807) is 17.1 Å². The molecule has 0 aliphatic carbocycles. The Balaban J connectivity index is 2.05. The summed E-state index contributed by atoms with van der Waals surface area (Å²) in [5.41, 5.74) is 0.747. The van der Waals surface area contributed by atoms with Crippen molar-refractivity contribution in [3.05, 3.63) is 18.2 Å². The van der Waals surface area contributed by atoms with Crippen molar-refractivity contribution in [3.63, 3.8) is 0 Å². The molecule has 74 valence electrons. The van der Waals surface area contributed by atoms with Crippen molar-refractivity contribution in [3.8, 4) is 0 Å². The van der Waals surface area contributed by atoms with Crippen LogP contribution < -0.4 is 5.32 Å². The van der Waals surface area contributed by atoms with E-state index in [0.717, 1.165) is 5.69 Å². The minimum Gasteiger partial charge on any atom is -0.375 e. The zero-order valence-corrected chi connectivity index (χ0v) is 7.56. The number of rotatable bonds is 2. The summed E-state index contributed by atoms with van der Waals surface area (Å²) in [7, 11) is 1.84. The predicted molar refractivity (Wildman–Crippen MR) is 45.3 cm³/mol. The molecule has 6 heteroatoms. The number of hydrogen-bond donors (Lipinski definition) is 1. The highest BCUT2D eigenvalue weighted by Gasteiger charge is 2.32. The number of hydrogen-bond acceptors (Lipinski definition) is 4. The Morgan fingerprint density at radius 2 is 2.43 bits per heavy atom. The molecule has 1 aliphatic heterocycles. The van der Waals surface area contributed by atoms with Gasteiger partial charge in [0.15, 0.2) is 0 Å². The van der Waals surface area contributed by atoms with Crippen LogP contribution in [-0.2, 0) is 23.0 Å². The van der Waals surface area contributed by atoms with Crippen LogP contribution in [0.1, 0.15) is 5.69 Å². The van der Waals surface area contributed by atoms with Crippen LogP contribution in [0.5, 0.6) is 0 Å². The van der Waals surface area contributed by atoms with E-state index in [0.29, 0.717) is 6.42 Å². The number of esters is 1. The minimum absolute atomic E-state index is 0.366. The van der Waals surface area contributed by atoms with Crippen LogP contribution in [-0.4, -0.2) is 27.7 Å². The van der Waals surface area contributed by atoms with Gasteiger partial charge in [0, 0.05) is 19.7 Å². The summed E-state index contributed by atoms with van der Waals surface area (Å²) in [6.07, 6.45) is 3.11. The van der Waals surface area contributed by atoms with Crippen LogP contribution in [0.4, 0.5) is 4.79 Å². The summed E-state index contributed by atoms with van der Waals surface area (Å²) in [6.45, 7) is 0. The van der Waals surface area contributed by atoms with Gasteiger partial charge in [-0.3, -0.25) is 0 Å². The summed E-state index contributed by atoms with van der Waals surface area (Å²) < 4.78 is 6.10. The van der Waals surface area contributed by atoms with Crippen molar-refractivity contribution in [2.45, 2.75) is 12.5 Å². The van der Waals surface area contributed by atoms with Crippen molar-refractivity contribution < 1.29 is 14.3 Å². The lowest BCUT2D eigenvalue weighted by molar-refractivity contribution is -0.135. The number of carbonyl (C=O) groups is 2. The van der Waals surface area contributed by atoms with Gasteiger partial charge in [-0.2, -0.15) is 0 Å². The summed E-state index contributed by atoms with van der Waals surface area (Å²) in [6, 6.07) is -0.600. The molecular weight excluding hydrogens is 186 g/mol. The molecule has 1 aliphatic rings. The molecule has 0 spiro atoms. The maximum atomic E-state index is 11.1. The van der Waals surface area contributed by atoms with Crippen LogP contribution in [0, 0.1) is 0 Å². The molecule has 0 aromatic carbocycles. The summed E-state index contributed by atoms with van der Waals surface area (Å²) in [5, 5.41) is 2.40. The molecule has 2 heterocycles. The standard InChI is InChI=1S/C8H9N3O3/c1-11-3-5(9-4-11)2-6-7(12)14-8(13)10-6/h3-4,6H,2H2,1H3,(H,10,13). The molecule has 0 bridgehead atoms. The van der Waals surface area contributed by atoms with Crippen molar-refractivity contribution in [1.29, 1.82) is 0 Å². The van der Waals surface area contributed by atoms with E-state index in [-0.39, 0.29) is 0 Å². The van der Waals surface area contributed by atoms with E-state index in [2.05, 4.69) is 15.0 Å². The predicted octanol–water partition coefficient (Wildman–Crippen LogP) is -0.402. The van der Waals surface area contributed by atoms with E-state index in [1.807, 2.05) is 7.05 Å². The third-order valence-electron chi connectivity index (χ3n) is 1.94. The van der Waals surface area contributed by atoms with Gasteiger partial charge in [0.1, 0.15) is 6.04 Å². The van der Waals surface area contributed by atoms with E-state index in [9.17, 15) is 9.59 Å². The van der Waals surface area contributed by atoms with E-state index in [1.165, 1.54) is 0 Å². The van der Waals surface area contributed by atoms with Crippen LogP contribution in [0.3, 0.4) is 0 Å². The van der Waals surface area contributed by atoms with Gasteiger partial charge >= 0.3 is 12.1 Å². The quantitative estimate of drug-likeness (QED) is 0.514. The molecule has 0 radical (unpaired) electrons. The van der Waals surface area contributed by atoms with Crippen molar-refractivity contribution >= 4 is 12.1 Å². The maximum absolute atomic E-state index is 11.1. The Bertz CT molecular complexity index is 385. The molecule has 1 aromatic heterocycles. The first-order chi connectivity index (χ1) is 6.65. The Kier molecular flexibility index (Phi) is 1.95. The monoisotopic (exact) mass is 195 g/mol. The maximum Gasteiger partial charge on any atom is 0.415 e. The Morgan fingerprint density at radius 1 is 1.64 bits per heavy atom. The van der Waals surface area contributed by atoms with E-state index >= 15 is 0 Å². The van der Waals surface area contributed by atoms with Gasteiger partial charge in [0.2, 0.25) is 0 Å². The van der Waals surface area contributed by atoms with Gasteiger partial charge in [-0.25, -0.2) is 14.6 Å². The second kappa shape index (κ2) is 3.13. The zero-order valence-electron chi connectivity index (χ0n) is 7.56. The largest absolute Gasteiger partial charge is 0.415 e. The molecule has 2 rings (SSSR count). The summed E-state index contributed by atoms with van der Waals surface area (Å²) in [5.74, 6) is -0.541. The fourth-order valence-electron chi connectivity index (χ4n) is 1.31. The number of cyclic esters (lactones) is 2. The molecule has 1 unspecified atom stereocenters. The summed E-state index contributed by atoms with van der Waals surface area (Å²) in [4.78, 5) is 25.8. The van der Waals surface area contributed by atoms with Crippen LogP contribution >= 0.6 is 0 Å². The molecule has 1 N–H and O–H groups in total. The molecule has 1 atom stereocenters. The van der Waals surface area contributed by atoms with Crippen molar-refractivity contribution in [2.75, 3.05) is 0 Å². The average Bonchev–Trinajstić information content (AvgIpc) is 2.61. The van der Waals surface area contributed by atoms with E-state index < -0.39 is 18.1 Å². The number of aromatic nitrogens is 2. The van der Waals surface area contributed by atoms with Crippen LogP contribution in [0.15, 0.2) is 12.5 Å². The molecule has 1 aromatic rings. The van der Waals surface area contributed by atoms with Crippen molar-refractivity contribution in [2.24, 2.45) is 7.05 Å². The second-order valence-corrected chi connectivity index (χ2v) is 3.14. The Morgan fingerprint density at radius 3 is 2.93 bits per heavy atom. The number of carbonyl (C=O) groups excluding carboxylic acids is 2. The number of alkyl carbamates (subject to hydrolysis) is 1. The Labute approximate surface area is 79.9 Å². The topological polar surface area (TPSA) is 73.2 Å². The molecule has 1 saturated heterocycles. The van der Waals surface area contributed by atoms with Gasteiger partial charge in [-0.1, -0.05) is 0 Å². The first-order valence-corrected chi connectivity index (χ1v) is 4.14. The zero-order chi connectivity index (χ0) is 10.1. The highest BCUT2D eigenvalue weighted by Crippen LogP contribution is 2.06. The third-order valence-corrected chi connectivity index (χ3v) is 1.94. The highest BCUT2D eigenvalue weighted by atomic mass is 16.6. The van der Waals surface area contributed by atoms with Crippen LogP contribution in [0.2, 0.25) is 0 Å². The van der Waals surface area contributed by atoms with Crippen molar-refractivity contribution in [1.82, 2.24) is 14.9 Å². The number of amides is 1. The number of nitrogens with zero attached hydrogens (tertiary/aromatic N) is 2. The highest BCUT2D eigenvalue weighted by molar-refractivity contribution is 5.95. The smallest absolute Gasteiger partial charge is 0.375 e. The average molecular weight is 195 g/mol. The van der Waals surface area contributed by atoms with Gasteiger partial charge in [0.05, 0.1) is 12.0 Å². The lowest BCUT2D eigenvalue weighted by atomic mass is 10.2. The van der Waals surface area contributed by atoms with Gasteiger partial charge in [0.25, 0.3) is 0 Å². The van der Waals surface area contributed by atoms with E-state index in [4.69, 9.17) is 0 Å². The first-order valence-electron chi connectivity index (χ1n) is 4.14. The fourth-order valence-corrected chi connectivity index (χ4v) is 1.31. The fraction of sp³-hybridized carbons (Fsp3) is 0.375.